The minimum Gasteiger partial charge on any atom is -0.267 e. The lowest BCUT2D eigenvalue weighted by atomic mass is 9.86. The molecule has 0 spiro atoms. The quantitative estimate of drug-likeness (QED) is 0.716. The Kier molecular flexibility index (Phi) is 4.98. The predicted molar refractivity (Wildman–Crippen MR) is 91.0 cm³/mol. The van der Waals surface area contributed by atoms with Crippen LogP contribution in [0.4, 0.5) is 0 Å². The van der Waals surface area contributed by atoms with Crippen molar-refractivity contribution in [3.8, 4) is 0 Å². The maximum atomic E-state index is 12.4. The van der Waals surface area contributed by atoms with Crippen LogP contribution in [0.25, 0.3) is 10.8 Å². The zero-order chi connectivity index (χ0) is 16.4. The minimum absolute atomic E-state index is 0.0227. The van der Waals surface area contributed by atoms with E-state index in [2.05, 4.69) is 31.9 Å². The molecule has 21 heavy (non-hydrogen) atoms. The van der Waals surface area contributed by atoms with E-state index in [4.69, 9.17) is 0 Å². The van der Waals surface area contributed by atoms with Crippen LogP contribution < -0.4 is 5.56 Å². The minimum atomic E-state index is -0.298. The lowest BCUT2D eigenvalue weighted by molar-refractivity contribution is 0.340. The monoisotopic (exact) mass is 288 g/mol. The topological polar surface area (TPSA) is 34.9 Å². The van der Waals surface area contributed by atoms with Gasteiger partial charge in [-0.15, -0.1) is 0 Å². The third-order valence-corrected chi connectivity index (χ3v) is 3.29. The first-order chi connectivity index (χ1) is 9.60. The zero-order valence-electron chi connectivity index (χ0n) is 14.6. The predicted octanol–water partition coefficient (Wildman–Crippen LogP) is 4.48. The van der Waals surface area contributed by atoms with Crippen LogP contribution in [0.3, 0.4) is 0 Å². The molecule has 0 amide bonds. The summed E-state index contributed by atoms with van der Waals surface area (Å²) in [5.74, 6) is 0. The Morgan fingerprint density at radius 3 is 2.05 bits per heavy atom. The lowest BCUT2D eigenvalue weighted by Gasteiger charge is -2.22. The van der Waals surface area contributed by atoms with Gasteiger partial charge in [-0.1, -0.05) is 40.7 Å². The van der Waals surface area contributed by atoms with Gasteiger partial charge in [0.1, 0.15) is 0 Å². The molecule has 0 saturated heterocycles. The smallest absolute Gasteiger partial charge is 0.267 e. The molecule has 1 aromatic carbocycles. The van der Waals surface area contributed by atoms with Gasteiger partial charge in [0.25, 0.3) is 5.56 Å². The summed E-state index contributed by atoms with van der Waals surface area (Å²) < 4.78 is 1.55. The highest BCUT2D eigenvalue weighted by molar-refractivity contribution is 5.81. The summed E-state index contributed by atoms with van der Waals surface area (Å²) in [5, 5.41) is 5.95. The molecule has 0 aliphatic heterocycles. The summed E-state index contributed by atoms with van der Waals surface area (Å²) in [6.45, 7) is 16.4. The van der Waals surface area contributed by atoms with Crippen molar-refractivity contribution in [1.29, 1.82) is 0 Å². The summed E-state index contributed by atoms with van der Waals surface area (Å²) in [6, 6.07) is 6.02. The van der Waals surface area contributed by atoms with Crippen molar-refractivity contribution in [2.24, 2.45) is 0 Å². The Bertz CT molecular complexity index is 670. The van der Waals surface area contributed by atoms with Crippen molar-refractivity contribution >= 4 is 10.8 Å². The van der Waals surface area contributed by atoms with Crippen LogP contribution in [0.1, 0.15) is 61.0 Å². The molecule has 0 bridgehead atoms. The molecule has 0 N–H and O–H groups in total. The summed E-state index contributed by atoms with van der Waals surface area (Å²) in [7, 11) is 0. The van der Waals surface area contributed by atoms with E-state index in [0.29, 0.717) is 0 Å². The lowest BCUT2D eigenvalue weighted by Crippen LogP contribution is -2.35. The fraction of sp³-hybridized carbons (Fsp3) is 0.556. The summed E-state index contributed by atoms with van der Waals surface area (Å²) >= 11 is 0. The van der Waals surface area contributed by atoms with Crippen LogP contribution >= 0.6 is 0 Å². The molecule has 2 rings (SSSR count). The third-order valence-electron chi connectivity index (χ3n) is 3.29. The average molecular weight is 288 g/mol. The number of benzene rings is 1. The van der Waals surface area contributed by atoms with Crippen LogP contribution in [0.2, 0.25) is 0 Å². The second kappa shape index (κ2) is 6.00. The summed E-state index contributed by atoms with van der Waals surface area (Å²) in [6.07, 6.45) is 1.79. The van der Waals surface area contributed by atoms with E-state index in [9.17, 15) is 4.79 Å². The fourth-order valence-corrected chi connectivity index (χ4v) is 2.10. The largest absolute Gasteiger partial charge is 0.275 e. The van der Waals surface area contributed by atoms with Gasteiger partial charge in [0.15, 0.2) is 0 Å². The maximum Gasteiger partial charge on any atom is 0.275 e. The Labute approximate surface area is 128 Å². The molecule has 0 aliphatic carbocycles. The third kappa shape index (κ3) is 3.72. The summed E-state index contributed by atoms with van der Waals surface area (Å²) in [5.41, 5.74) is 0.973. The van der Waals surface area contributed by atoms with Crippen molar-refractivity contribution in [3.05, 3.63) is 40.3 Å². The molecule has 0 radical (unpaired) electrons. The van der Waals surface area contributed by atoms with Gasteiger partial charge in [-0.25, -0.2) is 4.68 Å². The van der Waals surface area contributed by atoms with Gasteiger partial charge in [-0.3, -0.25) is 4.79 Å². The number of rotatable bonds is 0. The van der Waals surface area contributed by atoms with Crippen molar-refractivity contribution in [3.63, 3.8) is 0 Å². The number of aromatic nitrogens is 2. The molecular formula is C18H28N2O. The average Bonchev–Trinajstić information content (AvgIpc) is 2.38. The van der Waals surface area contributed by atoms with E-state index in [1.165, 1.54) is 5.56 Å². The molecule has 0 aliphatic rings. The summed E-state index contributed by atoms with van der Waals surface area (Å²) in [4.78, 5) is 12.4. The number of hydrogen-bond acceptors (Lipinski definition) is 2. The molecular weight excluding hydrogens is 260 g/mol. The van der Waals surface area contributed by atoms with Gasteiger partial charge in [0.2, 0.25) is 0 Å². The molecule has 2 aromatic rings. The van der Waals surface area contributed by atoms with Crippen LogP contribution in [0, 0.1) is 0 Å². The molecule has 3 nitrogen and oxygen atoms in total. The second-order valence-electron chi connectivity index (χ2n) is 7.08. The molecule has 0 unspecified atom stereocenters. The van der Waals surface area contributed by atoms with Gasteiger partial charge in [0.05, 0.1) is 17.1 Å². The molecule has 1 aromatic heterocycles. The molecule has 0 saturated carbocycles. The van der Waals surface area contributed by atoms with Crippen LogP contribution in [-0.4, -0.2) is 9.78 Å². The van der Waals surface area contributed by atoms with E-state index in [1.807, 2.05) is 46.8 Å². The maximum absolute atomic E-state index is 12.4. The van der Waals surface area contributed by atoms with Crippen molar-refractivity contribution in [2.75, 3.05) is 0 Å². The van der Waals surface area contributed by atoms with Gasteiger partial charge >= 0.3 is 0 Å². The van der Waals surface area contributed by atoms with E-state index < -0.39 is 0 Å². The van der Waals surface area contributed by atoms with E-state index in [0.717, 1.165) is 10.8 Å². The highest BCUT2D eigenvalue weighted by Gasteiger charge is 2.19. The fourth-order valence-electron chi connectivity index (χ4n) is 2.10. The van der Waals surface area contributed by atoms with Gasteiger partial charge in [-0.2, -0.15) is 5.10 Å². The molecule has 3 heteroatoms. The zero-order valence-corrected chi connectivity index (χ0v) is 14.6. The number of hydrogen-bond donors (Lipinski definition) is 0. The Balaban J connectivity index is 0.00000106. The first-order valence-electron chi connectivity index (χ1n) is 7.64. The molecule has 0 fully saturated rings. The number of fused-ring (bicyclic) bond motifs is 1. The molecule has 1 heterocycles. The first kappa shape index (κ1) is 17.4. The second-order valence-corrected chi connectivity index (χ2v) is 7.08. The molecule has 0 atom stereocenters. The normalized spacial score (nSPS) is 12.0. The van der Waals surface area contributed by atoms with E-state index >= 15 is 0 Å². The van der Waals surface area contributed by atoms with Crippen LogP contribution in [-0.2, 0) is 11.0 Å². The van der Waals surface area contributed by atoms with Crippen LogP contribution in [0.15, 0.2) is 29.2 Å². The Hall–Kier alpha value is -1.64. The van der Waals surface area contributed by atoms with Crippen LogP contribution in [0.5, 0.6) is 0 Å². The standard InChI is InChI=1S/C16H22N2O.C2H6/c1-15(2,3)12-7-8-13-11(9-12)10-17-18(14(13)19)16(4,5)6;1-2/h7-10H,1-6H3;1-2H3. The van der Waals surface area contributed by atoms with Crippen molar-refractivity contribution in [1.82, 2.24) is 9.78 Å². The highest BCUT2D eigenvalue weighted by Crippen LogP contribution is 2.25. The van der Waals surface area contributed by atoms with Gasteiger partial charge in [0, 0.05) is 5.39 Å². The first-order valence-corrected chi connectivity index (χ1v) is 7.64. The Morgan fingerprint density at radius 1 is 1.00 bits per heavy atom. The van der Waals surface area contributed by atoms with Crippen molar-refractivity contribution < 1.29 is 0 Å². The number of nitrogens with zero attached hydrogens (tertiary/aromatic N) is 2. The van der Waals surface area contributed by atoms with Crippen molar-refractivity contribution in [2.45, 2.75) is 66.3 Å². The van der Waals surface area contributed by atoms with E-state index in [1.54, 1.807) is 10.9 Å². The molecule has 116 valence electrons. The van der Waals surface area contributed by atoms with Gasteiger partial charge < -0.3 is 0 Å². The van der Waals surface area contributed by atoms with Gasteiger partial charge in [-0.05, 0) is 43.9 Å². The SMILES string of the molecule is CC.CC(C)(C)c1ccc2c(=O)n(C(C)(C)C)ncc2c1. The van der Waals surface area contributed by atoms with E-state index in [-0.39, 0.29) is 16.5 Å². The highest BCUT2D eigenvalue weighted by atomic mass is 16.1. The Morgan fingerprint density at radius 2 is 1.57 bits per heavy atom.